The maximum absolute atomic E-state index is 14.0. The van der Waals surface area contributed by atoms with Crippen LogP contribution < -0.4 is 5.32 Å². The summed E-state index contributed by atoms with van der Waals surface area (Å²) in [5.74, 6) is -0.0555. The van der Waals surface area contributed by atoms with Crippen LogP contribution in [0.5, 0.6) is 0 Å². The molecule has 0 saturated carbocycles. The Morgan fingerprint density at radius 1 is 1.05 bits per heavy atom. The zero-order valence-electron chi connectivity index (χ0n) is 24.3. The molecule has 0 saturated heterocycles. The number of para-hydroxylation sites is 1. The molecule has 0 aliphatic rings. The van der Waals surface area contributed by atoms with Crippen molar-refractivity contribution in [1.82, 2.24) is 14.8 Å². The predicted octanol–water partition coefficient (Wildman–Crippen LogP) is 6.33. The lowest BCUT2D eigenvalue weighted by atomic mass is 9.92. The summed E-state index contributed by atoms with van der Waals surface area (Å²) in [7, 11) is 0. The number of halogens is 1. The Balaban J connectivity index is 1.70. The predicted molar refractivity (Wildman–Crippen MR) is 161 cm³/mol. The second-order valence-electron chi connectivity index (χ2n) is 10.4. The molecule has 4 rings (SSSR count). The van der Waals surface area contributed by atoms with Gasteiger partial charge in [0.25, 0.3) is 0 Å². The molecule has 0 spiro atoms. The maximum atomic E-state index is 14.0. The van der Waals surface area contributed by atoms with E-state index in [4.69, 9.17) is 9.84 Å². The fourth-order valence-corrected chi connectivity index (χ4v) is 4.92. The van der Waals surface area contributed by atoms with Crippen molar-refractivity contribution < 1.29 is 24.1 Å². The standard InChI is InChI=1S/C33H39FN4O4/c1-4-22(3)32-29(16-15-27(39)20-28(40)21-31(41)42-5-2)33(23-11-13-24(34)14-12-23)38(37-32)26-17-18-35-30(19-26)36-25-9-7-6-8-10-25/h6-14,17-19,22,27-28,39-40H,4-5,15-16,20-21H2,1-3H3,(H,35,36)/t22?,27-,28-/m1/s1. The summed E-state index contributed by atoms with van der Waals surface area (Å²) in [5, 5.41) is 29.5. The molecule has 2 heterocycles. The number of aromatic nitrogens is 3. The minimum atomic E-state index is -1.00. The van der Waals surface area contributed by atoms with Gasteiger partial charge in [0.05, 0.1) is 42.3 Å². The van der Waals surface area contributed by atoms with E-state index in [0.717, 1.165) is 40.3 Å². The largest absolute Gasteiger partial charge is 0.466 e. The van der Waals surface area contributed by atoms with E-state index in [2.05, 4.69) is 24.1 Å². The van der Waals surface area contributed by atoms with Crippen LogP contribution in [0.3, 0.4) is 0 Å². The molecule has 0 amide bonds. The number of pyridine rings is 1. The van der Waals surface area contributed by atoms with Crippen molar-refractivity contribution in [2.45, 2.75) is 71.0 Å². The van der Waals surface area contributed by atoms with Crippen molar-refractivity contribution in [3.63, 3.8) is 0 Å². The Hall–Kier alpha value is -4.08. The van der Waals surface area contributed by atoms with Gasteiger partial charge in [-0.25, -0.2) is 14.1 Å². The fraction of sp³-hybridized carbons (Fsp3) is 0.364. The second-order valence-corrected chi connectivity index (χ2v) is 10.4. The van der Waals surface area contributed by atoms with Crippen LogP contribution in [-0.4, -0.2) is 49.8 Å². The quantitative estimate of drug-likeness (QED) is 0.151. The highest BCUT2D eigenvalue weighted by molar-refractivity contribution is 5.70. The molecule has 3 N–H and O–H groups in total. The topological polar surface area (TPSA) is 110 Å². The smallest absolute Gasteiger partial charge is 0.308 e. The van der Waals surface area contributed by atoms with Crippen LogP contribution in [0.4, 0.5) is 15.9 Å². The molecule has 42 heavy (non-hydrogen) atoms. The van der Waals surface area contributed by atoms with E-state index < -0.39 is 18.2 Å². The van der Waals surface area contributed by atoms with E-state index in [0.29, 0.717) is 18.7 Å². The fourth-order valence-electron chi connectivity index (χ4n) is 4.92. The van der Waals surface area contributed by atoms with Crippen molar-refractivity contribution >= 4 is 17.5 Å². The highest BCUT2D eigenvalue weighted by Crippen LogP contribution is 2.35. The van der Waals surface area contributed by atoms with Gasteiger partial charge in [-0.3, -0.25) is 4.79 Å². The number of hydrogen-bond donors (Lipinski definition) is 3. The average Bonchev–Trinajstić information content (AvgIpc) is 3.36. The minimum absolute atomic E-state index is 0.0520. The van der Waals surface area contributed by atoms with Gasteiger partial charge in [-0.15, -0.1) is 0 Å². The third-order valence-corrected chi connectivity index (χ3v) is 7.23. The zero-order chi connectivity index (χ0) is 30.1. The molecular weight excluding hydrogens is 535 g/mol. The van der Waals surface area contributed by atoms with Gasteiger partial charge in [0.1, 0.15) is 11.6 Å². The third-order valence-electron chi connectivity index (χ3n) is 7.23. The first-order valence-electron chi connectivity index (χ1n) is 14.5. The Kier molecular flexibility index (Phi) is 10.8. The molecule has 3 atom stereocenters. The van der Waals surface area contributed by atoms with Gasteiger partial charge in [-0.1, -0.05) is 32.0 Å². The number of aliphatic hydroxyl groups is 2. The number of carbonyl (C=O) groups excluding carboxylic acids is 1. The van der Waals surface area contributed by atoms with E-state index in [1.807, 2.05) is 47.1 Å². The number of nitrogens with one attached hydrogen (secondary N) is 1. The first-order valence-corrected chi connectivity index (χ1v) is 14.5. The van der Waals surface area contributed by atoms with Gasteiger partial charge < -0.3 is 20.3 Å². The number of anilines is 2. The van der Waals surface area contributed by atoms with E-state index in [9.17, 15) is 19.4 Å². The summed E-state index contributed by atoms with van der Waals surface area (Å²) in [6, 6.07) is 19.9. The lowest BCUT2D eigenvalue weighted by Crippen LogP contribution is -2.22. The van der Waals surface area contributed by atoms with Crippen LogP contribution in [0.15, 0.2) is 72.9 Å². The van der Waals surface area contributed by atoms with Crippen LogP contribution >= 0.6 is 0 Å². The number of esters is 1. The molecule has 0 radical (unpaired) electrons. The summed E-state index contributed by atoms with van der Waals surface area (Å²) in [5.41, 5.74) is 5.13. The number of ether oxygens (including phenoxy) is 1. The van der Waals surface area contributed by atoms with Crippen molar-refractivity contribution in [1.29, 1.82) is 0 Å². The molecule has 2 aromatic heterocycles. The van der Waals surface area contributed by atoms with Crippen LogP contribution in [0.2, 0.25) is 0 Å². The molecule has 4 aromatic rings. The van der Waals surface area contributed by atoms with Crippen LogP contribution in [0, 0.1) is 5.82 Å². The normalized spacial score (nSPS) is 13.4. The van der Waals surface area contributed by atoms with Crippen molar-refractivity contribution in [3.05, 3.63) is 90.0 Å². The van der Waals surface area contributed by atoms with Gasteiger partial charge in [0.15, 0.2) is 0 Å². The number of rotatable bonds is 14. The zero-order valence-corrected chi connectivity index (χ0v) is 24.3. The lowest BCUT2D eigenvalue weighted by Gasteiger charge is -2.17. The van der Waals surface area contributed by atoms with E-state index >= 15 is 0 Å². The molecule has 1 unspecified atom stereocenters. The van der Waals surface area contributed by atoms with Gasteiger partial charge in [0, 0.05) is 35.0 Å². The Morgan fingerprint density at radius 3 is 2.48 bits per heavy atom. The van der Waals surface area contributed by atoms with Gasteiger partial charge in [0.2, 0.25) is 0 Å². The summed E-state index contributed by atoms with van der Waals surface area (Å²) in [6.45, 7) is 6.16. The van der Waals surface area contributed by atoms with E-state index in [-0.39, 0.29) is 31.2 Å². The average molecular weight is 575 g/mol. The van der Waals surface area contributed by atoms with Crippen molar-refractivity contribution in [2.75, 3.05) is 11.9 Å². The Bertz CT molecular complexity index is 1440. The molecule has 0 fully saturated rings. The molecule has 8 nitrogen and oxygen atoms in total. The second kappa shape index (κ2) is 14.7. The molecule has 0 bridgehead atoms. The van der Waals surface area contributed by atoms with Gasteiger partial charge in [-0.05, 0) is 75.1 Å². The number of carbonyl (C=O) groups is 1. The summed E-state index contributed by atoms with van der Waals surface area (Å²) in [4.78, 5) is 16.2. The molecule has 2 aromatic carbocycles. The number of benzene rings is 2. The van der Waals surface area contributed by atoms with Crippen LogP contribution in [0.25, 0.3) is 16.9 Å². The van der Waals surface area contributed by atoms with E-state index in [1.165, 1.54) is 12.1 Å². The SMILES string of the molecule is CCOC(=O)C[C@H](O)C[C@H](O)CCc1c(C(C)CC)nn(-c2ccnc(Nc3ccccc3)c2)c1-c1ccc(F)cc1. The number of aliphatic hydroxyl groups excluding tert-OH is 2. The van der Waals surface area contributed by atoms with Gasteiger partial charge in [-0.2, -0.15) is 5.10 Å². The summed E-state index contributed by atoms with van der Waals surface area (Å²) in [6.07, 6.45) is 1.43. The first kappa shape index (κ1) is 30.9. The minimum Gasteiger partial charge on any atom is -0.466 e. The van der Waals surface area contributed by atoms with Crippen molar-refractivity contribution in [3.8, 4) is 16.9 Å². The lowest BCUT2D eigenvalue weighted by molar-refractivity contribution is -0.145. The van der Waals surface area contributed by atoms with Gasteiger partial charge >= 0.3 is 5.97 Å². The maximum Gasteiger partial charge on any atom is 0.308 e. The molecular formula is C33H39FN4O4. The molecule has 0 aliphatic carbocycles. The van der Waals surface area contributed by atoms with Crippen molar-refractivity contribution in [2.24, 2.45) is 0 Å². The third kappa shape index (κ3) is 8.02. The monoisotopic (exact) mass is 574 g/mol. The number of hydrogen-bond acceptors (Lipinski definition) is 7. The molecule has 9 heteroatoms. The highest BCUT2D eigenvalue weighted by Gasteiger charge is 2.25. The molecule has 222 valence electrons. The van der Waals surface area contributed by atoms with Crippen LogP contribution in [0.1, 0.15) is 63.6 Å². The first-order chi connectivity index (χ1) is 20.3. The number of nitrogens with zero attached hydrogens (tertiary/aromatic N) is 3. The summed E-state index contributed by atoms with van der Waals surface area (Å²) < 4.78 is 20.7. The highest BCUT2D eigenvalue weighted by atomic mass is 19.1. The van der Waals surface area contributed by atoms with E-state index in [1.54, 1.807) is 25.3 Å². The Labute approximate surface area is 246 Å². The van der Waals surface area contributed by atoms with Crippen LogP contribution in [-0.2, 0) is 16.0 Å². The molecule has 0 aliphatic heterocycles. The Morgan fingerprint density at radius 2 is 1.79 bits per heavy atom. The summed E-state index contributed by atoms with van der Waals surface area (Å²) >= 11 is 0.